The molecule has 140 valence electrons. The lowest BCUT2D eigenvalue weighted by atomic mass is 10.1. The van der Waals surface area contributed by atoms with Gasteiger partial charge in [0.25, 0.3) is 5.91 Å². The lowest BCUT2D eigenvalue weighted by Gasteiger charge is -2.08. The minimum Gasteiger partial charge on any atom is -0.497 e. The molecule has 2 N–H and O–H groups in total. The third-order valence-corrected chi connectivity index (χ3v) is 4.03. The highest BCUT2D eigenvalue weighted by atomic mass is 16.5. The lowest BCUT2D eigenvalue weighted by Crippen LogP contribution is -2.15. The van der Waals surface area contributed by atoms with E-state index in [-0.39, 0.29) is 5.69 Å². The number of hydrogen-bond donors (Lipinski definition) is 2. The molecule has 7 nitrogen and oxygen atoms in total. The summed E-state index contributed by atoms with van der Waals surface area (Å²) < 4.78 is 5.21. The zero-order valence-corrected chi connectivity index (χ0v) is 15.3. The van der Waals surface area contributed by atoms with Gasteiger partial charge < -0.3 is 15.4 Å². The predicted octanol–water partition coefficient (Wildman–Crippen LogP) is 3.26. The van der Waals surface area contributed by atoms with Crippen LogP contribution in [-0.2, 0) is 6.42 Å². The number of para-hydroxylation sites is 1. The van der Waals surface area contributed by atoms with Crippen molar-refractivity contribution in [1.82, 2.24) is 9.97 Å². The molecule has 0 fully saturated rings. The number of methoxy groups -OCH3 is 1. The van der Waals surface area contributed by atoms with Crippen molar-refractivity contribution in [2.24, 2.45) is 0 Å². The smallest absolute Gasteiger partial charge is 0.275 e. The molecule has 0 bridgehead atoms. The second kappa shape index (κ2) is 9.14. The van der Waals surface area contributed by atoms with Gasteiger partial charge in [-0.15, -0.1) is 0 Å². The van der Waals surface area contributed by atoms with Crippen LogP contribution in [0.15, 0.2) is 60.9 Å². The molecule has 0 spiro atoms. The minimum atomic E-state index is -0.418. The maximum atomic E-state index is 12.3. The number of amides is 1. The highest BCUT2D eigenvalue weighted by Crippen LogP contribution is 2.15. The van der Waals surface area contributed by atoms with Crippen LogP contribution in [0.5, 0.6) is 5.75 Å². The van der Waals surface area contributed by atoms with E-state index in [1.54, 1.807) is 31.4 Å². The van der Waals surface area contributed by atoms with Crippen LogP contribution < -0.4 is 15.4 Å². The zero-order valence-electron chi connectivity index (χ0n) is 15.3. The molecule has 1 heterocycles. The molecule has 3 aromatic rings. The van der Waals surface area contributed by atoms with Crippen molar-refractivity contribution in [3.05, 3.63) is 77.7 Å². The van der Waals surface area contributed by atoms with Crippen LogP contribution in [0.4, 0.5) is 11.5 Å². The fraction of sp³-hybridized carbons (Fsp3) is 0.143. The standard InChI is InChI=1S/C21H19N5O2/c1-28-17-7-4-5-15(11-17)9-10-23-20-14-24-19(13-25-20)21(27)26-18-8-3-2-6-16(18)12-22/h2-8,11,13-14H,9-10H2,1H3,(H,23,25)(H,26,27). The fourth-order valence-electron chi connectivity index (χ4n) is 2.58. The molecule has 3 rings (SSSR count). The highest BCUT2D eigenvalue weighted by molar-refractivity contribution is 6.03. The molecule has 2 aromatic carbocycles. The summed E-state index contributed by atoms with van der Waals surface area (Å²) in [6, 6.07) is 16.7. The van der Waals surface area contributed by atoms with E-state index in [9.17, 15) is 4.79 Å². The largest absolute Gasteiger partial charge is 0.497 e. The van der Waals surface area contributed by atoms with Crippen LogP contribution in [0.1, 0.15) is 21.6 Å². The van der Waals surface area contributed by atoms with Crippen LogP contribution in [-0.4, -0.2) is 29.5 Å². The van der Waals surface area contributed by atoms with Crippen LogP contribution in [0.3, 0.4) is 0 Å². The molecule has 28 heavy (non-hydrogen) atoms. The van der Waals surface area contributed by atoms with E-state index in [1.807, 2.05) is 30.3 Å². The third kappa shape index (κ3) is 4.83. The molecule has 1 aromatic heterocycles. The van der Waals surface area contributed by atoms with Gasteiger partial charge in [-0.25, -0.2) is 9.97 Å². The monoisotopic (exact) mass is 373 g/mol. The maximum absolute atomic E-state index is 12.3. The van der Waals surface area contributed by atoms with Gasteiger partial charge in [0.05, 0.1) is 30.8 Å². The third-order valence-electron chi connectivity index (χ3n) is 4.03. The number of nitriles is 1. The summed E-state index contributed by atoms with van der Waals surface area (Å²) in [5, 5.41) is 14.9. The van der Waals surface area contributed by atoms with Crippen molar-refractivity contribution in [2.75, 3.05) is 24.3 Å². The van der Waals surface area contributed by atoms with Gasteiger partial charge >= 0.3 is 0 Å². The Morgan fingerprint density at radius 3 is 2.75 bits per heavy atom. The van der Waals surface area contributed by atoms with Crippen molar-refractivity contribution >= 4 is 17.4 Å². The number of carbonyl (C=O) groups is 1. The summed E-state index contributed by atoms with van der Waals surface area (Å²) in [5.74, 6) is 0.987. The van der Waals surface area contributed by atoms with E-state index in [4.69, 9.17) is 10.00 Å². The molecule has 0 aliphatic carbocycles. The number of nitrogens with one attached hydrogen (secondary N) is 2. The van der Waals surface area contributed by atoms with Crippen LogP contribution >= 0.6 is 0 Å². The van der Waals surface area contributed by atoms with Gasteiger partial charge in [-0.05, 0) is 36.2 Å². The Morgan fingerprint density at radius 1 is 1.14 bits per heavy atom. The first-order valence-electron chi connectivity index (χ1n) is 8.69. The summed E-state index contributed by atoms with van der Waals surface area (Å²) in [4.78, 5) is 20.7. The van der Waals surface area contributed by atoms with Gasteiger partial charge in [0.2, 0.25) is 0 Å². The highest BCUT2D eigenvalue weighted by Gasteiger charge is 2.10. The van der Waals surface area contributed by atoms with E-state index in [2.05, 4.69) is 20.6 Å². The number of ether oxygens (including phenoxy) is 1. The topological polar surface area (TPSA) is 99.9 Å². The van der Waals surface area contributed by atoms with E-state index in [1.165, 1.54) is 12.4 Å². The molecule has 0 atom stereocenters. The summed E-state index contributed by atoms with van der Waals surface area (Å²) in [5.41, 5.74) is 2.15. The Balaban J connectivity index is 1.55. The molecular formula is C21H19N5O2. The summed E-state index contributed by atoms with van der Waals surface area (Å²) in [6.45, 7) is 0.670. The number of carbonyl (C=O) groups excluding carboxylic acids is 1. The van der Waals surface area contributed by atoms with E-state index >= 15 is 0 Å². The van der Waals surface area contributed by atoms with E-state index < -0.39 is 5.91 Å². The average Bonchev–Trinajstić information content (AvgIpc) is 2.74. The van der Waals surface area contributed by atoms with Gasteiger partial charge in [-0.1, -0.05) is 24.3 Å². The average molecular weight is 373 g/mol. The Morgan fingerprint density at radius 2 is 2.00 bits per heavy atom. The number of nitrogens with zero attached hydrogens (tertiary/aromatic N) is 3. The van der Waals surface area contributed by atoms with Crippen molar-refractivity contribution < 1.29 is 9.53 Å². The minimum absolute atomic E-state index is 0.172. The van der Waals surface area contributed by atoms with E-state index in [0.717, 1.165) is 17.7 Å². The van der Waals surface area contributed by atoms with Crippen molar-refractivity contribution in [2.45, 2.75) is 6.42 Å². The molecule has 0 saturated heterocycles. The Kier molecular flexibility index (Phi) is 6.16. The van der Waals surface area contributed by atoms with E-state index in [0.29, 0.717) is 23.6 Å². The summed E-state index contributed by atoms with van der Waals surface area (Å²) in [6.07, 6.45) is 3.71. The second-order valence-corrected chi connectivity index (χ2v) is 5.93. The number of aromatic nitrogens is 2. The Bertz CT molecular complexity index is 996. The number of benzene rings is 2. The quantitative estimate of drug-likeness (QED) is 0.659. The molecular weight excluding hydrogens is 354 g/mol. The fourth-order valence-corrected chi connectivity index (χ4v) is 2.58. The maximum Gasteiger partial charge on any atom is 0.275 e. The zero-order chi connectivity index (χ0) is 19.8. The predicted molar refractivity (Wildman–Crippen MR) is 106 cm³/mol. The first-order chi connectivity index (χ1) is 13.7. The molecule has 0 saturated carbocycles. The number of anilines is 2. The normalized spacial score (nSPS) is 10.0. The van der Waals surface area contributed by atoms with Crippen LogP contribution in [0.25, 0.3) is 0 Å². The van der Waals surface area contributed by atoms with Gasteiger partial charge in [-0.2, -0.15) is 5.26 Å². The summed E-state index contributed by atoms with van der Waals surface area (Å²) >= 11 is 0. The molecule has 0 aliphatic heterocycles. The first-order valence-corrected chi connectivity index (χ1v) is 8.69. The second-order valence-electron chi connectivity index (χ2n) is 5.93. The van der Waals surface area contributed by atoms with Crippen molar-refractivity contribution in [1.29, 1.82) is 5.26 Å². The van der Waals surface area contributed by atoms with Gasteiger partial charge in [0.15, 0.2) is 0 Å². The number of hydrogen-bond acceptors (Lipinski definition) is 6. The van der Waals surface area contributed by atoms with Crippen molar-refractivity contribution in [3.8, 4) is 11.8 Å². The molecule has 7 heteroatoms. The number of rotatable bonds is 7. The molecule has 1 amide bonds. The molecule has 0 aliphatic rings. The summed E-state index contributed by atoms with van der Waals surface area (Å²) in [7, 11) is 1.64. The SMILES string of the molecule is COc1cccc(CCNc2cnc(C(=O)Nc3ccccc3C#N)cn2)c1. The van der Waals surface area contributed by atoms with Gasteiger partial charge in [0, 0.05) is 6.54 Å². The Hall–Kier alpha value is -3.92. The van der Waals surface area contributed by atoms with Crippen molar-refractivity contribution in [3.63, 3.8) is 0 Å². The molecule has 0 radical (unpaired) electrons. The Labute approximate surface area is 163 Å². The van der Waals surface area contributed by atoms with Crippen LogP contribution in [0.2, 0.25) is 0 Å². The van der Waals surface area contributed by atoms with Gasteiger partial charge in [-0.3, -0.25) is 4.79 Å². The van der Waals surface area contributed by atoms with Crippen LogP contribution in [0, 0.1) is 11.3 Å². The van der Waals surface area contributed by atoms with Gasteiger partial charge in [0.1, 0.15) is 23.3 Å². The first kappa shape index (κ1) is 18.9. The molecule has 0 unspecified atom stereocenters. The lowest BCUT2D eigenvalue weighted by molar-refractivity contribution is 0.102.